The van der Waals surface area contributed by atoms with Crippen LogP contribution in [-0.4, -0.2) is 3.79 Å². The molecular formula is C19H19Cl3. The predicted octanol–water partition coefficient (Wildman–Crippen LogP) is 6.41. The van der Waals surface area contributed by atoms with Gasteiger partial charge in [0.05, 0.1) is 0 Å². The predicted molar refractivity (Wildman–Crippen MR) is 96.2 cm³/mol. The van der Waals surface area contributed by atoms with Crippen molar-refractivity contribution in [3.63, 3.8) is 0 Å². The third kappa shape index (κ3) is 2.77. The van der Waals surface area contributed by atoms with Crippen LogP contribution >= 0.6 is 34.8 Å². The Morgan fingerprint density at radius 1 is 0.864 bits per heavy atom. The van der Waals surface area contributed by atoms with E-state index in [9.17, 15) is 0 Å². The van der Waals surface area contributed by atoms with Gasteiger partial charge in [0, 0.05) is 11.8 Å². The molecule has 1 aliphatic rings. The van der Waals surface area contributed by atoms with Gasteiger partial charge < -0.3 is 0 Å². The fraction of sp³-hybridized carbons (Fsp3) is 0.368. The maximum atomic E-state index is 6.14. The summed E-state index contributed by atoms with van der Waals surface area (Å²) in [5, 5.41) is 0. The second-order valence-electron chi connectivity index (χ2n) is 6.77. The molecule has 0 heterocycles. The van der Waals surface area contributed by atoms with E-state index in [2.05, 4.69) is 62.4 Å². The van der Waals surface area contributed by atoms with Crippen molar-refractivity contribution < 1.29 is 0 Å². The molecule has 0 saturated carbocycles. The maximum Gasteiger partial charge on any atom is 0.191 e. The van der Waals surface area contributed by atoms with Crippen LogP contribution in [0.5, 0.6) is 0 Å². The first-order chi connectivity index (χ1) is 10.2. The molecule has 0 aliphatic heterocycles. The highest BCUT2D eigenvalue weighted by Gasteiger charge is 2.50. The number of alkyl halides is 3. The molecule has 3 heteroatoms. The van der Waals surface area contributed by atoms with Crippen molar-refractivity contribution in [2.45, 2.75) is 41.3 Å². The summed E-state index contributed by atoms with van der Waals surface area (Å²) in [4.78, 5) is 0. The van der Waals surface area contributed by atoms with Gasteiger partial charge in [0.15, 0.2) is 3.79 Å². The summed E-state index contributed by atoms with van der Waals surface area (Å²) >= 11 is 18.4. The average molecular weight is 354 g/mol. The minimum Gasteiger partial charge on any atom is -0.0837 e. The van der Waals surface area contributed by atoms with Gasteiger partial charge in [0.1, 0.15) is 0 Å². The van der Waals surface area contributed by atoms with Crippen molar-refractivity contribution >= 4 is 34.8 Å². The molecule has 22 heavy (non-hydrogen) atoms. The molecule has 2 aromatic carbocycles. The average Bonchev–Trinajstić information content (AvgIpc) is 2.68. The molecule has 0 amide bonds. The van der Waals surface area contributed by atoms with E-state index in [0.717, 1.165) is 6.42 Å². The van der Waals surface area contributed by atoms with Crippen molar-refractivity contribution in [2.75, 3.05) is 0 Å². The third-order valence-corrected chi connectivity index (χ3v) is 5.32. The van der Waals surface area contributed by atoms with Crippen molar-refractivity contribution in [2.24, 2.45) is 0 Å². The number of hydrogen-bond acceptors (Lipinski definition) is 0. The van der Waals surface area contributed by atoms with E-state index in [1.54, 1.807) is 0 Å². The van der Waals surface area contributed by atoms with E-state index < -0.39 is 3.79 Å². The first-order valence-electron chi connectivity index (χ1n) is 7.47. The molecule has 0 spiro atoms. The Balaban J connectivity index is 2.14. The molecule has 0 aromatic heterocycles. The quantitative estimate of drug-likeness (QED) is 0.547. The summed E-state index contributed by atoms with van der Waals surface area (Å²) in [6.07, 6.45) is 1.46. The Hall–Kier alpha value is -0.690. The van der Waals surface area contributed by atoms with Crippen molar-refractivity contribution in [3.8, 4) is 0 Å². The molecule has 0 fully saturated rings. The second-order valence-corrected chi connectivity index (χ2v) is 9.29. The molecule has 1 aliphatic carbocycles. The van der Waals surface area contributed by atoms with Gasteiger partial charge in [0.25, 0.3) is 0 Å². The number of rotatable bonds is 2. The van der Waals surface area contributed by atoms with Crippen molar-refractivity contribution in [1.82, 2.24) is 0 Å². The summed E-state index contributed by atoms with van der Waals surface area (Å²) < 4.78 is -1.25. The molecule has 0 saturated heterocycles. The van der Waals surface area contributed by atoms with Crippen LogP contribution in [0.1, 0.15) is 43.4 Å². The minimum absolute atomic E-state index is 0.0531. The van der Waals surface area contributed by atoms with Crippen LogP contribution in [0, 0.1) is 0 Å². The van der Waals surface area contributed by atoms with Crippen LogP contribution < -0.4 is 0 Å². The second kappa shape index (κ2) is 5.44. The number of fused-ring (bicyclic) bond motifs is 1. The number of halogens is 3. The largest absolute Gasteiger partial charge is 0.191 e. The van der Waals surface area contributed by atoms with Gasteiger partial charge in [-0.3, -0.25) is 0 Å². The molecule has 0 radical (unpaired) electrons. The number of benzene rings is 2. The maximum absolute atomic E-state index is 6.14. The van der Waals surface area contributed by atoms with E-state index in [4.69, 9.17) is 34.8 Å². The van der Waals surface area contributed by atoms with Crippen molar-refractivity contribution in [1.29, 1.82) is 0 Å². The highest BCUT2D eigenvalue weighted by molar-refractivity contribution is 6.67. The van der Waals surface area contributed by atoms with E-state index in [0.29, 0.717) is 6.42 Å². The monoisotopic (exact) mass is 352 g/mol. The van der Waals surface area contributed by atoms with Crippen molar-refractivity contribution in [3.05, 3.63) is 71.3 Å². The lowest BCUT2D eigenvalue weighted by atomic mass is 9.73. The molecule has 116 valence electrons. The van der Waals surface area contributed by atoms with Crippen LogP contribution in [0.15, 0.2) is 54.6 Å². The Bertz CT molecular complexity index is 675. The lowest BCUT2D eigenvalue weighted by Crippen LogP contribution is -2.29. The van der Waals surface area contributed by atoms with E-state index in [1.165, 1.54) is 16.7 Å². The molecule has 2 atom stereocenters. The molecule has 0 N–H and O–H groups in total. The molecule has 2 aromatic rings. The lowest BCUT2D eigenvalue weighted by molar-refractivity contribution is 0.373. The molecule has 2 unspecified atom stereocenters. The molecule has 3 rings (SSSR count). The van der Waals surface area contributed by atoms with Crippen LogP contribution in [0.3, 0.4) is 0 Å². The van der Waals surface area contributed by atoms with E-state index in [-0.39, 0.29) is 10.8 Å². The van der Waals surface area contributed by atoms with E-state index >= 15 is 0 Å². The zero-order valence-corrected chi connectivity index (χ0v) is 15.0. The van der Waals surface area contributed by atoms with Crippen LogP contribution in [0.2, 0.25) is 0 Å². The van der Waals surface area contributed by atoms with Gasteiger partial charge in [-0.15, -0.1) is 0 Å². The lowest BCUT2D eigenvalue weighted by Gasteiger charge is -2.32. The summed E-state index contributed by atoms with van der Waals surface area (Å²) in [5.74, 6) is 0. The minimum atomic E-state index is -1.25. The zero-order valence-electron chi connectivity index (χ0n) is 12.7. The molecule has 0 nitrogen and oxygen atoms in total. The summed E-state index contributed by atoms with van der Waals surface area (Å²) in [6.45, 7) is 4.51. The van der Waals surface area contributed by atoms with E-state index in [1.807, 2.05) is 6.07 Å². The Labute approximate surface area is 147 Å². The fourth-order valence-corrected chi connectivity index (χ4v) is 5.01. The Morgan fingerprint density at radius 3 is 2.00 bits per heavy atom. The van der Waals surface area contributed by atoms with Crippen LogP contribution in [0.25, 0.3) is 0 Å². The van der Waals surface area contributed by atoms with Gasteiger partial charge in [0.2, 0.25) is 0 Å². The van der Waals surface area contributed by atoms with Gasteiger partial charge in [-0.05, 0) is 28.5 Å². The summed E-state index contributed by atoms with van der Waals surface area (Å²) in [5.41, 5.74) is 3.76. The Kier molecular flexibility index (Phi) is 4.00. The van der Waals surface area contributed by atoms with Gasteiger partial charge in [-0.2, -0.15) is 0 Å². The number of hydrogen-bond donors (Lipinski definition) is 0. The highest BCUT2D eigenvalue weighted by atomic mass is 35.6. The molecule has 0 bridgehead atoms. The SMILES string of the molecule is CC1(CC(Cl)(Cl)Cl)CC(C)(c2ccccc2)c2ccccc21. The third-order valence-electron chi connectivity index (χ3n) is 4.92. The highest BCUT2D eigenvalue weighted by Crippen LogP contribution is 2.56. The zero-order chi connectivity index (χ0) is 16.0. The standard InChI is InChI=1S/C19H19Cl3/c1-17(13-19(20,21)22)12-18(2,14-8-4-3-5-9-14)16-11-7-6-10-15(16)17/h3-11H,12-13H2,1-2H3. The topological polar surface area (TPSA) is 0 Å². The summed E-state index contributed by atoms with van der Waals surface area (Å²) in [7, 11) is 0. The van der Waals surface area contributed by atoms with Gasteiger partial charge >= 0.3 is 0 Å². The summed E-state index contributed by atoms with van der Waals surface area (Å²) in [6, 6.07) is 19.2. The first-order valence-corrected chi connectivity index (χ1v) is 8.60. The van der Waals surface area contributed by atoms with Gasteiger partial charge in [-0.1, -0.05) is 103 Å². The van der Waals surface area contributed by atoms with Gasteiger partial charge in [-0.25, -0.2) is 0 Å². The smallest absolute Gasteiger partial charge is 0.0837 e. The Morgan fingerprint density at radius 2 is 1.41 bits per heavy atom. The molecular weight excluding hydrogens is 335 g/mol. The fourth-order valence-electron chi connectivity index (χ4n) is 4.13. The first kappa shape index (κ1) is 16.2. The normalized spacial score (nSPS) is 27.7. The van der Waals surface area contributed by atoms with Crippen LogP contribution in [0.4, 0.5) is 0 Å². The van der Waals surface area contributed by atoms with Crippen LogP contribution in [-0.2, 0) is 10.8 Å².